The van der Waals surface area contributed by atoms with E-state index >= 15 is 0 Å². The highest BCUT2D eigenvalue weighted by molar-refractivity contribution is 9.10. The number of pyridine rings is 1. The lowest BCUT2D eigenvalue weighted by atomic mass is 10.0. The van der Waals surface area contributed by atoms with Gasteiger partial charge in [-0.2, -0.15) is 0 Å². The highest BCUT2D eigenvalue weighted by Gasteiger charge is 2.14. The SMILES string of the molecule is OC(Cc1ccncc1)c1cccc(F)c1Br. The molecule has 0 aliphatic rings. The van der Waals surface area contributed by atoms with Crippen molar-refractivity contribution in [1.82, 2.24) is 4.98 Å². The van der Waals surface area contributed by atoms with E-state index in [-0.39, 0.29) is 5.82 Å². The van der Waals surface area contributed by atoms with Crippen molar-refractivity contribution in [3.63, 3.8) is 0 Å². The van der Waals surface area contributed by atoms with Crippen molar-refractivity contribution in [3.05, 3.63) is 64.1 Å². The van der Waals surface area contributed by atoms with E-state index in [0.29, 0.717) is 16.5 Å². The molecular formula is C13H11BrFNO. The lowest BCUT2D eigenvalue weighted by Crippen LogP contribution is -2.03. The summed E-state index contributed by atoms with van der Waals surface area (Å²) in [6, 6.07) is 8.31. The summed E-state index contributed by atoms with van der Waals surface area (Å²) in [4.78, 5) is 3.91. The van der Waals surface area contributed by atoms with E-state index < -0.39 is 6.10 Å². The van der Waals surface area contributed by atoms with Gasteiger partial charge in [-0.25, -0.2) is 4.39 Å². The minimum atomic E-state index is -0.734. The summed E-state index contributed by atoms with van der Waals surface area (Å²) < 4.78 is 13.6. The maximum atomic E-state index is 13.3. The van der Waals surface area contributed by atoms with Crippen molar-refractivity contribution in [2.75, 3.05) is 0 Å². The molecule has 2 aromatic rings. The van der Waals surface area contributed by atoms with Crippen LogP contribution in [0.2, 0.25) is 0 Å². The number of hydrogen-bond donors (Lipinski definition) is 1. The van der Waals surface area contributed by atoms with E-state index in [9.17, 15) is 9.50 Å². The van der Waals surface area contributed by atoms with Crippen LogP contribution in [0.3, 0.4) is 0 Å². The van der Waals surface area contributed by atoms with Crippen LogP contribution < -0.4 is 0 Å². The second-order valence-corrected chi connectivity index (χ2v) is 4.51. The van der Waals surface area contributed by atoms with Crippen molar-refractivity contribution in [2.24, 2.45) is 0 Å². The van der Waals surface area contributed by atoms with E-state index in [4.69, 9.17) is 0 Å². The van der Waals surface area contributed by atoms with Gasteiger partial charge in [-0.05, 0) is 45.3 Å². The first-order valence-electron chi connectivity index (χ1n) is 5.19. The third-order valence-electron chi connectivity index (χ3n) is 2.52. The van der Waals surface area contributed by atoms with Crippen molar-refractivity contribution in [3.8, 4) is 0 Å². The van der Waals surface area contributed by atoms with Crippen molar-refractivity contribution < 1.29 is 9.50 Å². The lowest BCUT2D eigenvalue weighted by Gasteiger charge is -2.13. The van der Waals surface area contributed by atoms with Crippen LogP contribution in [0.1, 0.15) is 17.2 Å². The molecule has 0 radical (unpaired) electrons. The van der Waals surface area contributed by atoms with Gasteiger partial charge in [-0.15, -0.1) is 0 Å². The Morgan fingerprint density at radius 1 is 1.24 bits per heavy atom. The molecular weight excluding hydrogens is 285 g/mol. The monoisotopic (exact) mass is 295 g/mol. The van der Waals surface area contributed by atoms with Gasteiger partial charge in [0.15, 0.2) is 0 Å². The van der Waals surface area contributed by atoms with Crippen LogP contribution in [0.5, 0.6) is 0 Å². The molecule has 1 N–H and O–H groups in total. The molecule has 1 heterocycles. The van der Waals surface area contributed by atoms with Crippen LogP contribution in [0, 0.1) is 5.82 Å². The lowest BCUT2D eigenvalue weighted by molar-refractivity contribution is 0.177. The fourth-order valence-electron chi connectivity index (χ4n) is 1.63. The minimum Gasteiger partial charge on any atom is -0.388 e. The van der Waals surface area contributed by atoms with Gasteiger partial charge in [0.2, 0.25) is 0 Å². The van der Waals surface area contributed by atoms with Crippen LogP contribution in [0.15, 0.2) is 47.2 Å². The molecule has 0 amide bonds. The Morgan fingerprint density at radius 3 is 2.65 bits per heavy atom. The summed E-state index contributed by atoms with van der Waals surface area (Å²) in [6.07, 6.45) is 3.04. The first-order valence-corrected chi connectivity index (χ1v) is 5.98. The van der Waals surface area contributed by atoms with Crippen LogP contribution >= 0.6 is 15.9 Å². The number of hydrogen-bond acceptors (Lipinski definition) is 2. The third kappa shape index (κ3) is 2.90. The maximum Gasteiger partial charge on any atom is 0.137 e. The topological polar surface area (TPSA) is 33.1 Å². The molecule has 0 bridgehead atoms. The average molecular weight is 296 g/mol. The van der Waals surface area contributed by atoms with Crippen molar-refractivity contribution >= 4 is 15.9 Å². The second kappa shape index (κ2) is 5.38. The van der Waals surface area contributed by atoms with E-state index in [1.54, 1.807) is 24.5 Å². The van der Waals surface area contributed by atoms with Gasteiger partial charge in [-0.3, -0.25) is 4.98 Å². The fraction of sp³-hybridized carbons (Fsp3) is 0.154. The van der Waals surface area contributed by atoms with Crippen LogP contribution in [-0.2, 0) is 6.42 Å². The molecule has 0 aliphatic heterocycles. The van der Waals surface area contributed by atoms with Crippen LogP contribution in [0.25, 0.3) is 0 Å². The quantitative estimate of drug-likeness (QED) is 0.943. The number of benzene rings is 1. The molecule has 0 fully saturated rings. The minimum absolute atomic E-state index is 0.321. The van der Waals surface area contributed by atoms with E-state index in [1.807, 2.05) is 12.1 Å². The van der Waals surface area contributed by atoms with Gasteiger partial charge in [-0.1, -0.05) is 12.1 Å². The molecule has 1 unspecified atom stereocenters. The normalized spacial score (nSPS) is 12.4. The molecule has 2 rings (SSSR count). The zero-order chi connectivity index (χ0) is 12.3. The summed E-state index contributed by atoms with van der Waals surface area (Å²) >= 11 is 3.15. The Balaban J connectivity index is 2.20. The molecule has 0 spiro atoms. The van der Waals surface area contributed by atoms with Crippen molar-refractivity contribution in [1.29, 1.82) is 0 Å². The standard InChI is InChI=1S/C13H11BrFNO/c14-13-10(2-1-3-11(13)15)12(17)8-9-4-6-16-7-5-9/h1-7,12,17H,8H2. The van der Waals surface area contributed by atoms with Gasteiger partial charge in [0.05, 0.1) is 10.6 Å². The summed E-state index contributed by atoms with van der Waals surface area (Å²) in [6.45, 7) is 0. The molecule has 2 nitrogen and oxygen atoms in total. The molecule has 88 valence electrons. The zero-order valence-corrected chi connectivity index (χ0v) is 10.6. The summed E-state index contributed by atoms with van der Waals surface area (Å²) in [5.74, 6) is -0.365. The highest BCUT2D eigenvalue weighted by Crippen LogP contribution is 2.28. The second-order valence-electron chi connectivity index (χ2n) is 3.72. The molecule has 17 heavy (non-hydrogen) atoms. The zero-order valence-electron chi connectivity index (χ0n) is 8.98. The van der Waals surface area contributed by atoms with Gasteiger partial charge in [0, 0.05) is 18.8 Å². The molecule has 0 aliphatic carbocycles. The Labute approximate surface area is 107 Å². The van der Waals surface area contributed by atoms with E-state index in [0.717, 1.165) is 5.56 Å². The number of halogens is 2. The predicted molar refractivity (Wildman–Crippen MR) is 67.0 cm³/mol. The summed E-state index contributed by atoms with van der Waals surface area (Å²) in [7, 11) is 0. The maximum absolute atomic E-state index is 13.3. The molecule has 1 atom stereocenters. The number of nitrogens with zero attached hydrogens (tertiary/aromatic N) is 1. The van der Waals surface area contributed by atoms with Gasteiger partial charge < -0.3 is 5.11 Å². The molecule has 4 heteroatoms. The summed E-state index contributed by atoms with van der Waals surface area (Å²) in [5.41, 5.74) is 1.52. The summed E-state index contributed by atoms with van der Waals surface area (Å²) in [5, 5.41) is 10.1. The molecule has 1 aromatic heterocycles. The Hall–Kier alpha value is -1.26. The number of aliphatic hydroxyl groups is 1. The van der Waals surface area contributed by atoms with Gasteiger partial charge in [0.1, 0.15) is 5.82 Å². The van der Waals surface area contributed by atoms with E-state index in [1.165, 1.54) is 6.07 Å². The van der Waals surface area contributed by atoms with Crippen LogP contribution in [0.4, 0.5) is 4.39 Å². The first-order chi connectivity index (χ1) is 8.18. The van der Waals surface area contributed by atoms with Gasteiger partial charge >= 0.3 is 0 Å². The molecule has 1 aromatic carbocycles. The predicted octanol–water partition coefficient (Wildman–Crippen LogP) is 3.26. The van der Waals surface area contributed by atoms with Crippen molar-refractivity contribution in [2.45, 2.75) is 12.5 Å². The Bertz CT molecular complexity index is 504. The average Bonchev–Trinajstić information content (AvgIpc) is 2.34. The van der Waals surface area contributed by atoms with E-state index in [2.05, 4.69) is 20.9 Å². The Morgan fingerprint density at radius 2 is 1.94 bits per heavy atom. The van der Waals surface area contributed by atoms with Crippen LogP contribution in [-0.4, -0.2) is 10.1 Å². The smallest absolute Gasteiger partial charge is 0.137 e. The third-order valence-corrected chi connectivity index (χ3v) is 3.36. The number of aliphatic hydroxyl groups excluding tert-OH is 1. The molecule has 0 saturated carbocycles. The fourth-order valence-corrected chi connectivity index (χ4v) is 2.16. The first kappa shape index (κ1) is 12.2. The highest BCUT2D eigenvalue weighted by atomic mass is 79.9. The van der Waals surface area contributed by atoms with Gasteiger partial charge in [0.25, 0.3) is 0 Å². The number of rotatable bonds is 3. The largest absolute Gasteiger partial charge is 0.388 e. The number of aromatic nitrogens is 1. The Kier molecular flexibility index (Phi) is 3.86. The molecule has 0 saturated heterocycles.